The molecule has 1 aromatic heterocycles. The second kappa shape index (κ2) is 5.23. The molecule has 0 bridgehead atoms. The summed E-state index contributed by atoms with van der Waals surface area (Å²) in [6, 6.07) is 5.43. The van der Waals surface area contributed by atoms with E-state index in [1.54, 1.807) is 13.0 Å². The van der Waals surface area contributed by atoms with Crippen LogP contribution in [0, 0.1) is 0 Å². The molecule has 0 aliphatic rings. The van der Waals surface area contributed by atoms with Crippen molar-refractivity contribution in [3.05, 3.63) is 33.1 Å². The first-order chi connectivity index (χ1) is 8.15. The standard InChI is InChI=1S/C11H9Cl2NO2S/c1-2-16-14-11(15)10-9(13)8-6(12)4-3-5-7(8)17-10/h3-5H,2H2,1H3,(H,14,15). The molecule has 0 aliphatic heterocycles. The first-order valence-electron chi connectivity index (χ1n) is 4.93. The zero-order valence-corrected chi connectivity index (χ0v) is 11.2. The van der Waals surface area contributed by atoms with Crippen LogP contribution in [0.3, 0.4) is 0 Å². The highest BCUT2D eigenvalue weighted by atomic mass is 35.5. The van der Waals surface area contributed by atoms with Gasteiger partial charge in [-0.15, -0.1) is 11.3 Å². The Labute approximate surface area is 112 Å². The van der Waals surface area contributed by atoms with Gasteiger partial charge in [0, 0.05) is 10.1 Å². The van der Waals surface area contributed by atoms with Gasteiger partial charge in [0.15, 0.2) is 0 Å². The molecular weight excluding hydrogens is 281 g/mol. The third kappa shape index (κ3) is 2.40. The van der Waals surface area contributed by atoms with Crippen molar-refractivity contribution in [1.82, 2.24) is 5.48 Å². The maximum atomic E-state index is 11.8. The smallest absolute Gasteiger partial charge is 0.274 e. The molecule has 3 nitrogen and oxygen atoms in total. The van der Waals surface area contributed by atoms with Gasteiger partial charge < -0.3 is 0 Å². The van der Waals surface area contributed by atoms with Crippen LogP contribution in [0.1, 0.15) is 16.6 Å². The average molecular weight is 290 g/mol. The highest BCUT2D eigenvalue weighted by Crippen LogP contribution is 2.39. The lowest BCUT2D eigenvalue weighted by Crippen LogP contribution is -2.22. The molecule has 1 amide bonds. The van der Waals surface area contributed by atoms with Crippen molar-refractivity contribution in [2.75, 3.05) is 6.61 Å². The summed E-state index contributed by atoms with van der Waals surface area (Å²) in [6.45, 7) is 2.18. The van der Waals surface area contributed by atoms with Gasteiger partial charge in [0.2, 0.25) is 0 Å². The number of nitrogens with one attached hydrogen (secondary N) is 1. The molecule has 1 N–H and O–H groups in total. The van der Waals surface area contributed by atoms with E-state index in [9.17, 15) is 4.79 Å². The molecule has 0 fully saturated rings. The number of rotatable bonds is 3. The number of benzene rings is 1. The van der Waals surface area contributed by atoms with Crippen LogP contribution in [0.25, 0.3) is 10.1 Å². The normalized spacial score (nSPS) is 10.8. The summed E-state index contributed by atoms with van der Waals surface area (Å²) in [6.07, 6.45) is 0. The first kappa shape index (κ1) is 12.6. The Hall–Kier alpha value is -0.810. The van der Waals surface area contributed by atoms with E-state index in [-0.39, 0.29) is 5.91 Å². The van der Waals surface area contributed by atoms with Crippen LogP contribution in [-0.2, 0) is 4.84 Å². The fraction of sp³-hybridized carbons (Fsp3) is 0.182. The van der Waals surface area contributed by atoms with E-state index >= 15 is 0 Å². The molecular formula is C11H9Cl2NO2S. The van der Waals surface area contributed by atoms with Gasteiger partial charge in [-0.2, -0.15) is 0 Å². The van der Waals surface area contributed by atoms with E-state index in [2.05, 4.69) is 5.48 Å². The van der Waals surface area contributed by atoms with E-state index < -0.39 is 0 Å². The van der Waals surface area contributed by atoms with Crippen LogP contribution in [0.2, 0.25) is 10.0 Å². The molecule has 0 spiro atoms. The first-order valence-corrected chi connectivity index (χ1v) is 6.51. The van der Waals surface area contributed by atoms with Crippen LogP contribution in [0.15, 0.2) is 18.2 Å². The minimum Gasteiger partial charge on any atom is -0.274 e. The Kier molecular flexibility index (Phi) is 3.89. The number of fused-ring (bicyclic) bond motifs is 1. The summed E-state index contributed by atoms with van der Waals surface area (Å²) < 4.78 is 0.879. The summed E-state index contributed by atoms with van der Waals surface area (Å²) in [7, 11) is 0. The molecule has 0 saturated carbocycles. The minimum absolute atomic E-state index is 0.353. The topological polar surface area (TPSA) is 38.3 Å². The van der Waals surface area contributed by atoms with E-state index in [1.807, 2.05) is 12.1 Å². The van der Waals surface area contributed by atoms with Crippen LogP contribution < -0.4 is 5.48 Å². The van der Waals surface area contributed by atoms with Gasteiger partial charge in [0.25, 0.3) is 5.91 Å². The predicted octanol–water partition coefficient (Wildman–Crippen LogP) is 3.89. The fourth-order valence-corrected chi connectivity index (χ4v) is 3.24. The second-order valence-electron chi connectivity index (χ2n) is 3.22. The molecule has 90 valence electrons. The molecule has 0 radical (unpaired) electrons. The van der Waals surface area contributed by atoms with E-state index in [0.29, 0.717) is 26.9 Å². The Morgan fingerprint density at radius 2 is 2.24 bits per heavy atom. The zero-order chi connectivity index (χ0) is 12.4. The lowest BCUT2D eigenvalue weighted by molar-refractivity contribution is 0.0368. The number of hydrogen-bond donors (Lipinski definition) is 1. The van der Waals surface area contributed by atoms with Crippen molar-refractivity contribution in [3.8, 4) is 0 Å². The summed E-state index contributed by atoms with van der Waals surface area (Å²) in [5.41, 5.74) is 2.31. The maximum Gasteiger partial charge on any atom is 0.286 e. The molecule has 0 unspecified atom stereocenters. The second-order valence-corrected chi connectivity index (χ2v) is 5.06. The molecule has 2 rings (SSSR count). The van der Waals surface area contributed by atoms with Gasteiger partial charge in [0.1, 0.15) is 4.88 Å². The van der Waals surface area contributed by atoms with Crippen LogP contribution in [0.5, 0.6) is 0 Å². The number of thiophene rings is 1. The highest BCUT2D eigenvalue weighted by Gasteiger charge is 2.18. The van der Waals surface area contributed by atoms with Gasteiger partial charge in [-0.3, -0.25) is 9.63 Å². The number of amides is 1. The Bertz CT molecular complexity index is 568. The Morgan fingerprint density at radius 1 is 1.47 bits per heavy atom. The summed E-state index contributed by atoms with van der Waals surface area (Å²) in [4.78, 5) is 17.0. The largest absolute Gasteiger partial charge is 0.286 e. The van der Waals surface area contributed by atoms with Crippen LogP contribution in [0.4, 0.5) is 0 Å². The number of hydroxylamine groups is 1. The molecule has 1 aromatic carbocycles. The van der Waals surface area contributed by atoms with Gasteiger partial charge in [-0.05, 0) is 19.1 Å². The molecule has 0 atom stereocenters. The summed E-state index contributed by atoms with van der Waals surface area (Å²) in [5, 5.41) is 1.62. The van der Waals surface area contributed by atoms with Crippen LogP contribution in [-0.4, -0.2) is 12.5 Å². The summed E-state index contributed by atoms with van der Waals surface area (Å²) >= 11 is 13.5. The van der Waals surface area contributed by atoms with Crippen molar-refractivity contribution in [1.29, 1.82) is 0 Å². The van der Waals surface area contributed by atoms with Crippen molar-refractivity contribution < 1.29 is 9.63 Å². The molecule has 0 aliphatic carbocycles. The molecule has 6 heteroatoms. The fourth-order valence-electron chi connectivity index (χ4n) is 1.40. The lowest BCUT2D eigenvalue weighted by Gasteiger charge is -2.01. The minimum atomic E-state index is -0.353. The third-order valence-corrected chi connectivity index (χ3v) is 4.08. The Balaban J connectivity index is 2.46. The monoisotopic (exact) mass is 289 g/mol. The SMILES string of the molecule is CCONC(=O)c1sc2cccc(Cl)c2c1Cl. The van der Waals surface area contributed by atoms with Gasteiger partial charge in [0.05, 0.1) is 16.7 Å². The number of halogens is 2. The summed E-state index contributed by atoms with van der Waals surface area (Å²) in [5.74, 6) is -0.353. The zero-order valence-electron chi connectivity index (χ0n) is 8.92. The number of hydrogen-bond acceptors (Lipinski definition) is 3. The third-order valence-electron chi connectivity index (χ3n) is 2.12. The highest BCUT2D eigenvalue weighted by molar-refractivity contribution is 7.21. The molecule has 0 saturated heterocycles. The predicted molar refractivity (Wildman–Crippen MR) is 70.9 cm³/mol. The van der Waals surface area contributed by atoms with E-state index in [4.69, 9.17) is 28.0 Å². The molecule has 2 aromatic rings. The molecule has 1 heterocycles. The van der Waals surface area contributed by atoms with E-state index in [0.717, 1.165) is 4.70 Å². The van der Waals surface area contributed by atoms with Crippen LogP contribution >= 0.6 is 34.5 Å². The maximum absolute atomic E-state index is 11.8. The Morgan fingerprint density at radius 3 is 2.88 bits per heavy atom. The average Bonchev–Trinajstić information content (AvgIpc) is 2.65. The van der Waals surface area contributed by atoms with Crippen molar-refractivity contribution >= 4 is 50.5 Å². The van der Waals surface area contributed by atoms with Gasteiger partial charge >= 0.3 is 0 Å². The van der Waals surface area contributed by atoms with Gasteiger partial charge in [-0.25, -0.2) is 5.48 Å². The molecule has 17 heavy (non-hydrogen) atoms. The van der Waals surface area contributed by atoms with Gasteiger partial charge in [-0.1, -0.05) is 29.3 Å². The van der Waals surface area contributed by atoms with Crippen molar-refractivity contribution in [2.24, 2.45) is 0 Å². The number of carbonyl (C=O) groups is 1. The quantitative estimate of drug-likeness (QED) is 0.871. The van der Waals surface area contributed by atoms with Crippen molar-refractivity contribution in [3.63, 3.8) is 0 Å². The lowest BCUT2D eigenvalue weighted by atomic mass is 10.2. The number of carbonyl (C=O) groups excluding carboxylic acids is 1. The van der Waals surface area contributed by atoms with E-state index in [1.165, 1.54) is 11.3 Å². The van der Waals surface area contributed by atoms with Crippen molar-refractivity contribution in [2.45, 2.75) is 6.92 Å².